The molecule has 0 amide bonds. The molecule has 0 bridgehead atoms. The first-order valence-electron chi connectivity index (χ1n) is 6.78. The van der Waals surface area contributed by atoms with E-state index in [1.165, 1.54) is 12.8 Å². The number of unbranched alkanes of at least 4 members (excludes halogenated alkanes) is 2. The van der Waals surface area contributed by atoms with Crippen molar-refractivity contribution in [1.82, 2.24) is 0 Å². The topological polar surface area (TPSA) is 35.5 Å². The molecular formula is C15H19ClO3. The number of hydrogen-bond acceptors (Lipinski definition) is 3. The predicted molar refractivity (Wildman–Crippen MR) is 74.9 cm³/mol. The number of ether oxygens (including phenoxy) is 2. The van der Waals surface area contributed by atoms with Gasteiger partial charge in [-0.05, 0) is 41.6 Å². The molecule has 0 saturated heterocycles. The van der Waals surface area contributed by atoms with Gasteiger partial charge in [-0.15, -0.1) is 0 Å². The van der Waals surface area contributed by atoms with Gasteiger partial charge in [0.2, 0.25) is 12.0 Å². The number of carbonyl (C=O) groups is 1. The van der Waals surface area contributed by atoms with Crippen LogP contribution in [0.4, 0.5) is 0 Å². The van der Waals surface area contributed by atoms with Crippen LogP contribution in [-0.2, 0) is 4.79 Å². The van der Waals surface area contributed by atoms with E-state index < -0.39 is 0 Å². The van der Waals surface area contributed by atoms with Crippen molar-refractivity contribution in [3.05, 3.63) is 23.8 Å². The highest BCUT2D eigenvalue weighted by Gasteiger charge is 2.19. The predicted octanol–water partition coefficient (Wildman–Crippen LogP) is 4.23. The molecule has 19 heavy (non-hydrogen) atoms. The second kappa shape index (κ2) is 6.80. The number of hydrogen-bond donors (Lipinski definition) is 0. The van der Waals surface area contributed by atoms with Crippen molar-refractivity contribution in [1.29, 1.82) is 0 Å². The van der Waals surface area contributed by atoms with E-state index in [2.05, 4.69) is 6.92 Å². The fourth-order valence-corrected chi connectivity index (χ4v) is 2.57. The Labute approximate surface area is 118 Å². The van der Waals surface area contributed by atoms with Crippen LogP contribution < -0.4 is 9.47 Å². The van der Waals surface area contributed by atoms with Gasteiger partial charge >= 0.3 is 0 Å². The van der Waals surface area contributed by atoms with E-state index in [9.17, 15) is 4.79 Å². The summed E-state index contributed by atoms with van der Waals surface area (Å²) in [4.78, 5) is 11.2. The van der Waals surface area contributed by atoms with Gasteiger partial charge in [0.25, 0.3) is 0 Å². The van der Waals surface area contributed by atoms with E-state index in [-0.39, 0.29) is 18.0 Å². The fourth-order valence-electron chi connectivity index (χ4n) is 2.39. The average Bonchev–Trinajstić information content (AvgIpc) is 2.84. The van der Waals surface area contributed by atoms with Crippen LogP contribution in [0.3, 0.4) is 0 Å². The molecule has 0 spiro atoms. The Hall–Kier alpha value is -1.22. The van der Waals surface area contributed by atoms with E-state index >= 15 is 0 Å². The number of rotatable bonds is 7. The second-order valence-corrected chi connectivity index (χ2v) is 5.29. The molecule has 1 aromatic rings. The summed E-state index contributed by atoms with van der Waals surface area (Å²) in [5.74, 6) is 1.71. The molecule has 104 valence electrons. The molecule has 0 N–H and O–H groups in total. The molecule has 3 nitrogen and oxygen atoms in total. The third-order valence-corrected chi connectivity index (χ3v) is 3.59. The first-order chi connectivity index (χ1) is 9.20. The van der Waals surface area contributed by atoms with Crippen molar-refractivity contribution in [3.63, 3.8) is 0 Å². The standard InChI is InChI=1S/C15H19ClO3/c1-2-3-4-5-11(9-15(16)17)12-6-7-13-14(8-12)19-10-18-13/h6-8,11H,2-5,9-10H2,1H3/t11-/m0/s1. The van der Waals surface area contributed by atoms with Crippen molar-refractivity contribution >= 4 is 16.8 Å². The Morgan fingerprint density at radius 1 is 1.32 bits per heavy atom. The highest BCUT2D eigenvalue weighted by atomic mass is 35.5. The summed E-state index contributed by atoms with van der Waals surface area (Å²) in [5.41, 5.74) is 1.11. The maximum atomic E-state index is 11.2. The largest absolute Gasteiger partial charge is 0.454 e. The minimum atomic E-state index is -0.279. The SMILES string of the molecule is CCCCC[C@@H](CC(=O)Cl)c1ccc2c(c1)OCO2. The summed E-state index contributed by atoms with van der Waals surface area (Å²) < 4.78 is 10.7. The smallest absolute Gasteiger partial charge is 0.231 e. The van der Waals surface area contributed by atoms with Gasteiger partial charge in [0, 0.05) is 6.42 Å². The summed E-state index contributed by atoms with van der Waals surface area (Å²) >= 11 is 5.56. The minimum absolute atomic E-state index is 0.172. The van der Waals surface area contributed by atoms with Gasteiger partial charge in [0.05, 0.1) is 0 Å². The molecule has 4 heteroatoms. The average molecular weight is 283 g/mol. The summed E-state index contributed by atoms with van der Waals surface area (Å²) in [6, 6.07) is 5.88. The summed E-state index contributed by atoms with van der Waals surface area (Å²) in [5, 5.41) is -0.279. The van der Waals surface area contributed by atoms with Crippen molar-refractivity contribution in [2.75, 3.05) is 6.79 Å². The third-order valence-electron chi connectivity index (χ3n) is 3.43. The number of benzene rings is 1. The van der Waals surface area contributed by atoms with Crippen LogP contribution in [0.1, 0.15) is 50.5 Å². The molecule has 0 radical (unpaired) electrons. The van der Waals surface area contributed by atoms with Crippen molar-refractivity contribution < 1.29 is 14.3 Å². The Kier molecular flexibility index (Phi) is 5.08. The zero-order valence-electron chi connectivity index (χ0n) is 11.2. The molecule has 1 heterocycles. The Morgan fingerprint density at radius 2 is 2.11 bits per heavy atom. The summed E-state index contributed by atoms with van der Waals surface area (Å²) in [6.07, 6.45) is 4.82. The van der Waals surface area contributed by atoms with Gasteiger partial charge in [-0.3, -0.25) is 4.79 Å². The Bertz CT molecular complexity index is 445. The Morgan fingerprint density at radius 3 is 2.84 bits per heavy atom. The lowest BCUT2D eigenvalue weighted by atomic mass is 9.90. The molecule has 0 aromatic heterocycles. The van der Waals surface area contributed by atoms with Gasteiger partial charge in [-0.1, -0.05) is 32.3 Å². The maximum Gasteiger partial charge on any atom is 0.231 e. The highest BCUT2D eigenvalue weighted by molar-refractivity contribution is 6.63. The van der Waals surface area contributed by atoms with Crippen LogP contribution in [0.2, 0.25) is 0 Å². The van der Waals surface area contributed by atoms with E-state index in [1.807, 2.05) is 18.2 Å². The first-order valence-corrected chi connectivity index (χ1v) is 7.16. The van der Waals surface area contributed by atoms with Gasteiger partial charge < -0.3 is 9.47 Å². The summed E-state index contributed by atoms with van der Waals surface area (Å²) in [6.45, 7) is 2.44. The lowest BCUT2D eigenvalue weighted by Gasteiger charge is -2.15. The van der Waals surface area contributed by atoms with Crippen molar-refractivity contribution in [2.45, 2.75) is 44.9 Å². The molecule has 2 rings (SSSR count). The highest BCUT2D eigenvalue weighted by Crippen LogP contribution is 2.37. The number of halogens is 1. The van der Waals surface area contributed by atoms with Gasteiger partial charge in [-0.2, -0.15) is 0 Å². The lowest BCUT2D eigenvalue weighted by Crippen LogP contribution is -2.03. The van der Waals surface area contributed by atoms with Crippen LogP contribution in [-0.4, -0.2) is 12.0 Å². The van der Waals surface area contributed by atoms with Gasteiger partial charge in [0.1, 0.15) is 0 Å². The van der Waals surface area contributed by atoms with Crippen LogP contribution >= 0.6 is 11.6 Å². The zero-order chi connectivity index (χ0) is 13.7. The van der Waals surface area contributed by atoms with Crippen LogP contribution in [0.25, 0.3) is 0 Å². The molecule has 1 aliphatic rings. The molecule has 0 unspecified atom stereocenters. The van der Waals surface area contributed by atoms with Gasteiger partial charge in [-0.25, -0.2) is 0 Å². The monoisotopic (exact) mass is 282 g/mol. The van der Waals surface area contributed by atoms with Crippen molar-refractivity contribution in [2.24, 2.45) is 0 Å². The van der Waals surface area contributed by atoms with E-state index in [0.717, 1.165) is 29.9 Å². The molecule has 0 fully saturated rings. The van der Waals surface area contributed by atoms with Crippen LogP contribution in [0.5, 0.6) is 11.5 Å². The van der Waals surface area contributed by atoms with E-state index in [1.54, 1.807) is 0 Å². The third kappa shape index (κ3) is 3.87. The molecule has 1 atom stereocenters. The first kappa shape index (κ1) is 14.2. The molecule has 1 aliphatic heterocycles. The number of carbonyl (C=O) groups excluding carboxylic acids is 1. The molecular weight excluding hydrogens is 264 g/mol. The zero-order valence-corrected chi connectivity index (χ0v) is 11.9. The molecule has 0 saturated carbocycles. The maximum absolute atomic E-state index is 11.2. The summed E-state index contributed by atoms with van der Waals surface area (Å²) in [7, 11) is 0. The second-order valence-electron chi connectivity index (χ2n) is 4.86. The normalized spacial score (nSPS) is 14.4. The molecule has 1 aromatic carbocycles. The van der Waals surface area contributed by atoms with Crippen LogP contribution in [0, 0.1) is 0 Å². The van der Waals surface area contributed by atoms with Gasteiger partial charge in [0.15, 0.2) is 11.5 Å². The fraction of sp³-hybridized carbons (Fsp3) is 0.533. The minimum Gasteiger partial charge on any atom is -0.454 e. The lowest BCUT2D eigenvalue weighted by molar-refractivity contribution is -0.112. The quantitative estimate of drug-likeness (QED) is 0.554. The molecule has 0 aliphatic carbocycles. The Balaban J connectivity index is 2.10. The van der Waals surface area contributed by atoms with Crippen LogP contribution in [0.15, 0.2) is 18.2 Å². The van der Waals surface area contributed by atoms with Crippen molar-refractivity contribution in [3.8, 4) is 11.5 Å². The van der Waals surface area contributed by atoms with E-state index in [4.69, 9.17) is 21.1 Å². The van der Waals surface area contributed by atoms with E-state index in [0.29, 0.717) is 6.42 Å². The number of fused-ring (bicyclic) bond motifs is 1.